The molecular weight excluding hydrogens is 414 g/mol. The highest BCUT2D eigenvalue weighted by molar-refractivity contribution is 6.07. The molecule has 1 aliphatic heterocycles. The van der Waals surface area contributed by atoms with Crippen LogP contribution in [0.2, 0.25) is 0 Å². The summed E-state index contributed by atoms with van der Waals surface area (Å²) >= 11 is 0. The van der Waals surface area contributed by atoms with Crippen molar-refractivity contribution in [2.24, 2.45) is 0 Å². The van der Waals surface area contributed by atoms with Gasteiger partial charge in [-0.3, -0.25) is 19.8 Å². The Bertz CT molecular complexity index is 1140. The van der Waals surface area contributed by atoms with E-state index in [-0.39, 0.29) is 23.8 Å². The third kappa shape index (κ3) is 4.36. The molecule has 2 N–H and O–H groups in total. The van der Waals surface area contributed by atoms with E-state index < -0.39 is 18.0 Å². The molecule has 0 aliphatic carbocycles. The van der Waals surface area contributed by atoms with Gasteiger partial charge in [0.2, 0.25) is 0 Å². The van der Waals surface area contributed by atoms with E-state index in [9.17, 15) is 19.2 Å². The van der Waals surface area contributed by atoms with Gasteiger partial charge in [0.25, 0.3) is 11.8 Å². The van der Waals surface area contributed by atoms with Crippen LogP contribution in [0.4, 0.5) is 10.5 Å². The predicted octanol–water partition coefficient (Wildman–Crippen LogP) is 2.80. The lowest BCUT2D eigenvalue weighted by Gasteiger charge is -2.18. The van der Waals surface area contributed by atoms with Crippen molar-refractivity contribution in [1.82, 2.24) is 10.2 Å². The minimum Gasteiger partial charge on any atom is -0.464 e. The molecule has 0 unspecified atom stereocenters. The minimum absolute atomic E-state index is 0.125. The summed E-state index contributed by atoms with van der Waals surface area (Å²) in [6, 6.07) is 12.3. The summed E-state index contributed by atoms with van der Waals surface area (Å²) in [7, 11) is 2.44. The van der Waals surface area contributed by atoms with Gasteiger partial charge in [-0.25, -0.2) is 9.59 Å². The molecule has 2 aromatic carbocycles. The highest BCUT2D eigenvalue weighted by Gasteiger charge is 2.33. The fourth-order valence-corrected chi connectivity index (χ4v) is 3.23. The second kappa shape index (κ2) is 9.17. The van der Waals surface area contributed by atoms with Crippen LogP contribution in [0.1, 0.15) is 15.9 Å². The van der Waals surface area contributed by atoms with Crippen LogP contribution in [0, 0.1) is 0 Å². The van der Waals surface area contributed by atoms with E-state index in [0.29, 0.717) is 11.3 Å². The first kappa shape index (κ1) is 22.3. The van der Waals surface area contributed by atoms with Crippen molar-refractivity contribution < 1.29 is 28.7 Å². The number of anilines is 1. The van der Waals surface area contributed by atoms with Crippen molar-refractivity contribution in [2.75, 3.05) is 19.5 Å². The third-order valence-corrected chi connectivity index (χ3v) is 4.88. The molecule has 0 bridgehead atoms. The molecule has 164 valence electrons. The number of nitrogens with one attached hydrogen (secondary N) is 2. The zero-order valence-electron chi connectivity index (χ0n) is 17.6. The molecule has 9 nitrogen and oxygen atoms in total. The first-order chi connectivity index (χ1) is 15.3. The number of fused-ring (bicyclic) bond motifs is 1. The lowest BCUT2D eigenvalue weighted by molar-refractivity contribution is -0.137. The monoisotopic (exact) mass is 435 g/mol. The number of carbonyl (C=O) groups is 4. The van der Waals surface area contributed by atoms with Gasteiger partial charge in [-0.2, -0.15) is 0 Å². The Labute approximate surface area is 184 Å². The summed E-state index contributed by atoms with van der Waals surface area (Å²) in [4.78, 5) is 49.4. The van der Waals surface area contributed by atoms with Gasteiger partial charge in [-0.1, -0.05) is 37.4 Å². The van der Waals surface area contributed by atoms with Crippen LogP contribution in [0.15, 0.2) is 67.0 Å². The van der Waals surface area contributed by atoms with Crippen LogP contribution in [-0.2, 0) is 25.6 Å². The minimum atomic E-state index is -0.797. The average Bonchev–Trinajstić information content (AvgIpc) is 3.14. The number of amides is 3. The molecule has 0 saturated carbocycles. The van der Waals surface area contributed by atoms with Crippen LogP contribution < -0.4 is 10.6 Å². The van der Waals surface area contributed by atoms with E-state index >= 15 is 0 Å². The number of carbonyl (C=O) groups excluding carboxylic acids is 4. The maximum atomic E-state index is 12.9. The van der Waals surface area contributed by atoms with E-state index in [4.69, 9.17) is 0 Å². The molecule has 0 spiro atoms. The number of hydrogen-bond acceptors (Lipinski definition) is 6. The van der Waals surface area contributed by atoms with Crippen LogP contribution in [0.25, 0.3) is 11.1 Å². The van der Waals surface area contributed by atoms with Crippen LogP contribution >= 0.6 is 0 Å². The number of hydrogen-bond donors (Lipinski definition) is 2. The highest BCUT2D eigenvalue weighted by atomic mass is 16.5. The summed E-state index contributed by atoms with van der Waals surface area (Å²) in [5.41, 5.74) is 2.97. The van der Waals surface area contributed by atoms with Gasteiger partial charge in [0.1, 0.15) is 11.4 Å². The van der Waals surface area contributed by atoms with Gasteiger partial charge in [-0.05, 0) is 34.9 Å². The Morgan fingerprint density at radius 3 is 2.25 bits per heavy atom. The molecule has 1 heterocycles. The van der Waals surface area contributed by atoms with Gasteiger partial charge < -0.3 is 14.8 Å². The molecule has 9 heteroatoms. The first-order valence-electron chi connectivity index (χ1n) is 9.43. The van der Waals surface area contributed by atoms with Gasteiger partial charge >= 0.3 is 12.1 Å². The summed E-state index contributed by atoms with van der Waals surface area (Å²) in [6.07, 6.45) is -0.578. The fraction of sp³-hybridized carbons (Fsp3) is 0.130. The van der Waals surface area contributed by atoms with Gasteiger partial charge in [0.05, 0.1) is 20.8 Å². The zero-order chi connectivity index (χ0) is 23.4. The SMILES string of the molecule is C=C(NC(=O)C(=C)N1Cc2c(cccc2-c2ccc(NC(=O)OC)cc2)C1=O)C(=O)OC. The predicted molar refractivity (Wildman–Crippen MR) is 116 cm³/mol. The quantitative estimate of drug-likeness (QED) is 0.533. The Kier molecular flexibility index (Phi) is 6.39. The van der Waals surface area contributed by atoms with Crippen molar-refractivity contribution >= 4 is 29.6 Å². The standard InChI is InChI=1S/C23H21N3O6/c1-13(22(29)31-3)24-20(27)14(2)26-12-19-17(6-5-7-18(19)21(26)28)15-8-10-16(11-9-15)25-23(30)32-4/h5-11H,1-2,12H2,3-4H3,(H,24,27)(H,25,30). The molecule has 2 aromatic rings. The van der Waals surface area contributed by atoms with E-state index in [1.807, 2.05) is 6.07 Å². The summed E-state index contributed by atoms with van der Waals surface area (Å²) in [5.74, 6) is -1.91. The number of benzene rings is 2. The maximum absolute atomic E-state index is 12.9. The molecule has 0 radical (unpaired) electrons. The molecule has 3 rings (SSSR count). The molecule has 0 aromatic heterocycles. The summed E-state index contributed by atoms with van der Waals surface area (Å²) in [6.45, 7) is 7.27. The number of esters is 1. The smallest absolute Gasteiger partial charge is 0.411 e. The van der Waals surface area contributed by atoms with E-state index in [1.54, 1.807) is 36.4 Å². The first-order valence-corrected chi connectivity index (χ1v) is 9.43. The van der Waals surface area contributed by atoms with Crippen LogP contribution in [-0.4, -0.2) is 43.0 Å². The Morgan fingerprint density at radius 2 is 1.62 bits per heavy atom. The second-order valence-electron chi connectivity index (χ2n) is 6.79. The molecule has 0 fully saturated rings. The third-order valence-electron chi connectivity index (χ3n) is 4.88. The molecule has 3 amide bonds. The Morgan fingerprint density at radius 1 is 0.969 bits per heavy atom. The normalized spacial score (nSPS) is 11.9. The Balaban J connectivity index is 1.82. The van der Waals surface area contributed by atoms with Gasteiger partial charge in [0.15, 0.2) is 0 Å². The average molecular weight is 435 g/mol. The molecule has 1 aliphatic rings. The molecule has 0 saturated heterocycles. The summed E-state index contributed by atoms with van der Waals surface area (Å²) in [5, 5.41) is 4.85. The van der Waals surface area contributed by atoms with E-state index in [0.717, 1.165) is 23.8 Å². The second-order valence-corrected chi connectivity index (χ2v) is 6.79. The van der Waals surface area contributed by atoms with Crippen molar-refractivity contribution in [1.29, 1.82) is 0 Å². The van der Waals surface area contributed by atoms with E-state index in [2.05, 4.69) is 33.3 Å². The van der Waals surface area contributed by atoms with Crippen molar-refractivity contribution in [3.8, 4) is 11.1 Å². The number of methoxy groups -OCH3 is 2. The zero-order valence-corrected chi connectivity index (χ0v) is 17.6. The molecular formula is C23H21N3O6. The largest absolute Gasteiger partial charge is 0.464 e. The van der Waals surface area contributed by atoms with Gasteiger partial charge in [-0.15, -0.1) is 0 Å². The Hall–Kier alpha value is -4.40. The topological polar surface area (TPSA) is 114 Å². The van der Waals surface area contributed by atoms with Crippen molar-refractivity contribution in [3.05, 3.63) is 78.1 Å². The fourth-order valence-electron chi connectivity index (χ4n) is 3.23. The number of rotatable bonds is 6. The van der Waals surface area contributed by atoms with Crippen molar-refractivity contribution in [2.45, 2.75) is 6.54 Å². The van der Waals surface area contributed by atoms with Crippen LogP contribution in [0.3, 0.4) is 0 Å². The highest BCUT2D eigenvalue weighted by Crippen LogP contribution is 2.34. The summed E-state index contributed by atoms with van der Waals surface area (Å²) < 4.78 is 9.07. The van der Waals surface area contributed by atoms with Crippen LogP contribution in [0.5, 0.6) is 0 Å². The van der Waals surface area contributed by atoms with Crippen molar-refractivity contribution in [3.63, 3.8) is 0 Å². The maximum Gasteiger partial charge on any atom is 0.411 e. The lowest BCUT2D eigenvalue weighted by Crippen LogP contribution is -2.36. The number of ether oxygens (including phenoxy) is 2. The van der Waals surface area contributed by atoms with E-state index in [1.165, 1.54) is 12.0 Å². The number of nitrogens with zero attached hydrogens (tertiary/aromatic N) is 1. The molecule has 32 heavy (non-hydrogen) atoms. The lowest BCUT2D eigenvalue weighted by atomic mass is 9.97. The van der Waals surface area contributed by atoms with Gasteiger partial charge in [0, 0.05) is 11.3 Å². The molecule has 0 atom stereocenters.